The summed E-state index contributed by atoms with van der Waals surface area (Å²) in [6.07, 6.45) is -0.916. The van der Waals surface area contributed by atoms with Crippen molar-refractivity contribution in [3.63, 3.8) is 0 Å². The fraction of sp³-hybridized carbons (Fsp3) is 0.391. The van der Waals surface area contributed by atoms with Gasteiger partial charge in [0.15, 0.2) is 6.10 Å². The minimum Gasteiger partial charge on any atom is -0.497 e. The van der Waals surface area contributed by atoms with Crippen LogP contribution in [0.5, 0.6) is 5.75 Å². The number of rotatable bonds is 7. The van der Waals surface area contributed by atoms with Gasteiger partial charge in [0.2, 0.25) is 0 Å². The molecule has 0 N–H and O–H groups in total. The Balaban J connectivity index is 2.03. The Labute approximate surface area is 182 Å². The van der Waals surface area contributed by atoms with Crippen LogP contribution in [0.4, 0.5) is 5.69 Å². The lowest BCUT2D eigenvalue weighted by molar-refractivity contribution is -0.152. The topological polar surface area (TPSA) is 59.1 Å². The van der Waals surface area contributed by atoms with Gasteiger partial charge < -0.3 is 19.3 Å². The molecule has 0 saturated heterocycles. The molecule has 2 atom stereocenters. The lowest BCUT2D eigenvalue weighted by Crippen LogP contribution is -2.45. The molecule has 30 heavy (non-hydrogen) atoms. The van der Waals surface area contributed by atoms with Crippen molar-refractivity contribution in [1.82, 2.24) is 4.90 Å². The third-order valence-corrected chi connectivity index (χ3v) is 6.55. The summed E-state index contributed by atoms with van der Waals surface area (Å²) in [5, 5.41) is -0.359. The first kappa shape index (κ1) is 22.2. The zero-order valence-corrected chi connectivity index (χ0v) is 18.6. The Hall–Kier alpha value is -2.51. The SMILES string of the molecule is CCN(C)CCN1C(=O)[C@@H](OC(C)=O)[C@@H](c2ccc(OC)cc2)Sc2ccccc21. The molecule has 0 unspecified atom stereocenters. The van der Waals surface area contributed by atoms with E-state index >= 15 is 0 Å². The molecule has 1 aliphatic heterocycles. The Morgan fingerprint density at radius 3 is 2.50 bits per heavy atom. The summed E-state index contributed by atoms with van der Waals surface area (Å²) in [5.41, 5.74) is 1.76. The Morgan fingerprint density at radius 1 is 1.17 bits per heavy atom. The van der Waals surface area contributed by atoms with Gasteiger partial charge in [0, 0.05) is 24.9 Å². The molecule has 7 heteroatoms. The number of likely N-dealkylation sites (N-methyl/N-ethyl adjacent to an activating group) is 1. The van der Waals surface area contributed by atoms with Gasteiger partial charge in [0.25, 0.3) is 5.91 Å². The Morgan fingerprint density at radius 2 is 1.87 bits per heavy atom. The van der Waals surface area contributed by atoms with Crippen molar-refractivity contribution in [3.8, 4) is 5.75 Å². The van der Waals surface area contributed by atoms with Crippen molar-refractivity contribution < 1.29 is 19.1 Å². The maximum atomic E-state index is 13.6. The van der Waals surface area contributed by atoms with Crippen molar-refractivity contribution in [2.75, 3.05) is 38.7 Å². The summed E-state index contributed by atoms with van der Waals surface area (Å²) < 4.78 is 10.9. The van der Waals surface area contributed by atoms with E-state index in [0.717, 1.165) is 35.0 Å². The number of carbonyl (C=O) groups excluding carboxylic acids is 2. The molecule has 0 fully saturated rings. The van der Waals surface area contributed by atoms with Crippen LogP contribution in [0.3, 0.4) is 0 Å². The van der Waals surface area contributed by atoms with Crippen LogP contribution >= 0.6 is 11.8 Å². The van der Waals surface area contributed by atoms with Crippen LogP contribution in [0.1, 0.15) is 24.7 Å². The fourth-order valence-corrected chi connectivity index (χ4v) is 4.69. The number of amides is 1. The highest BCUT2D eigenvalue weighted by atomic mass is 32.2. The van der Waals surface area contributed by atoms with Crippen LogP contribution in [-0.4, -0.2) is 56.7 Å². The molecule has 0 spiro atoms. The Kier molecular flexibility index (Phi) is 7.39. The van der Waals surface area contributed by atoms with Crippen molar-refractivity contribution in [3.05, 3.63) is 54.1 Å². The number of hydrogen-bond donors (Lipinski definition) is 0. The number of nitrogens with zero attached hydrogens (tertiary/aromatic N) is 2. The molecular formula is C23H28N2O4S. The van der Waals surface area contributed by atoms with Crippen LogP contribution in [-0.2, 0) is 14.3 Å². The van der Waals surface area contributed by atoms with Gasteiger partial charge in [-0.15, -0.1) is 11.8 Å². The van der Waals surface area contributed by atoms with Crippen molar-refractivity contribution in [2.45, 2.75) is 30.1 Å². The van der Waals surface area contributed by atoms with E-state index in [2.05, 4.69) is 11.8 Å². The summed E-state index contributed by atoms with van der Waals surface area (Å²) in [7, 11) is 3.63. The second-order valence-corrected chi connectivity index (χ2v) is 8.38. The van der Waals surface area contributed by atoms with Crippen LogP contribution in [0.2, 0.25) is 0 Å². The molecule has 1 amide bonds. The van der Waals surface area contributed by atoms with E-state index in [1.165, 1.54) is 6.92 Å². The highest BCUT2D eigenvalue weighted by Crippen LogP contribution is 2.46. The molecule has 0 radical (unpaired) electrons. The summed E-state index contributed by atoms with van der Waals surface area (Å²) in [6, 6.07) is 15.4. The standard InChI is InChI=1S/C23H28N2O4S/c1-5-24(3)14-15-25-19-8-6-7-9-20(19)30-22(21(23(25)27)29-16(2)26)17-10-12-18(28-4)13-11-17/h6-13,21-22H,5,14-15H2,1-4H3/t21-,22+/m0/s1. The number of benzene rings is 2. The minimum absolute atomic E-state index is 0.201. The summed E-state index contributed by atoms with van der Waals surface area (Å²) >= 11 is 1.55. The molecule has 0 aliphatic carbocycles. The lowest BCUT2D eigenvalue weighted by atomic mass is 10.1. The number of methoxy groups -OCH3 is 1. The monoisotopic (exact) mass is 428 g/mol. The van der Waals surface area contributed by atoms with E-state index in [9.17, 15) is 9.59 Å². The van der Waals surface area contributed by atoms with E-state index in [1.807, 2.05) is 55.6 Å². The molecule has 6 nitrogen and oxygen atoms in total. The second kappa shape index (κ2) is 10.00. The van der Waals surface area contributed by atoms with Crippen molar-refractivity contribution in [1.29, 1.82) is 0 Å². The number of fused-ring (bicyclic) bond motifs is 1. The molecule has 1 aliphatic rings. The zero-order valence-electron chi connectivity index (χ0n) is 17.8. The number of esters is 1. The molecule has 2 aromatic rings. The summed E-state index contributed by atoms with van der Waals surface area (Å²) in [5.74, 6) is 0.0642. The molecule has 2 aromatic carbocycles. The van der Waals surface area contributed by atoms with Gasteiger partial charge >= 0.3 is 5.97 Å². The first-order valence-corrected chi connectivity index (χ1v) is 10.9. The van der Waals surface area contributed by atoms with Crippen LogP contribution in [0.15, 0.2) is 53.4 Å². The normalized spacial score (nSPS) is 18.7. The number of anilines is 1. The van der Waals surface area contributed by atoms with Gasteiger partial charge in [0.1, 0.15) is 5.75 Å². The van der Waals surface area contributed by atoms with Gasteiger partial charge in [0.05, 0.1) is 18.0 Å². The summed E-state index contributed by atoms with van der Waals surface area (Å²) in [4.78, 5) is 30.4. The molecule has 0 aromatic heterocycles. The zero-order chi connectivity index (χ0) is 21.7. The highest BCUT2D eigenvalue weighted by Gasteiger charge is 2.40. The molecule has 0 bridgehead atoms. The molecular weight excluding hydrogens is 400 g/mol. The first-order valence-electron chi connectivity index (χ1n) is 10.0. The Bertz CT molecular complexity index is 887. The average molecular weight is 429 g/mol. The van der Waals surface area contributed by atoms with E-state index < -0.39 is 12.1 Å². The van der Waals surface area contributed by atoms with E-state index in [-0.39, 0.29) is 11.2 Å². The predicted octanol–water partition coefficient (Wildman–Crippen LogP) is 3.76. The maximum absolute atomic E-state index is 13.6. The second-order valence-electron chi connectivity index (χ2n) is 7.20. The molecule has 3 rings (SSSR count). The van der Waals surface area contributed by atoms with Crippen LogP contribution < -0.4 is 9.64 Å². The van der Waals surface area contributed by atoms with Crippen molar-refractivity contribution >= 4 is 29.3 Å². The number of carbonyl (C=O) groups is 2. The van der Waals surface area contributed by atoms with Gasteiger partial charge in [-0.25, -0.2) is 0 Å². The van der Waals surface area contributed by atoms with E-state index in [1.54, 1.807) is 23.8 Å². The number of hydrogen-bond acceptors (Lipinski definition) is 6. The largest absolute Gasteiger partial charge is 0.497 e. The highest BCUT2D eigenvalue weighted by molar-refractivity contribution is 7.99. The maximum Gasteiger partial charge on any atom is 0.303 e. The number of para-hydroxylation sites is 1. The van der Waals surface area contributed by atoms with Gasteiger partial charge in [-0.05, 0) is 43.4 Å². The third-order valence-electron chi connectivity index (χ3n) is 5.18. The molecule has 1 heterocycles. The third kappa shape index (κ3) is 4.96. The quantitative estimate of drug-likeness (QED) is 0.626. The smallest absolute Gasteiger partial charge is 0.303 e. The van der Waals surface area contributed by atoms with Crippen LogP contribution in [0, 0.1) is 0 Å². The van der Waals surface area contributed by atoms with Gasteiger partial charge in [-0.1, -0.05) is 31.2 Å². The van der Waals surface area contributed by atoms with Gasteiger partial charge in [-0.2, -0.15) is 0 Å². The summed E-state index contributed by atoms with van der Waals surface area (Å²) in [6.45, 7) is 5.56. The molecule has 0 saturated carbocycles. The minimum atomic E-state index is -0.916. The fourth-order valence-electron chi connectivity index (χ4n) is 3.37. The first-order chi connectivity index (χ1) is 14.4. The van der Waals surface area contributed by atoms with Gasteiger partial charge in [-0.3, -0.25) is 9.59 Å². The number of thioether (sulfide) groups is 1. The van der Waals surface area contributed by atoms with E-state index in [4.69, 9.17) is 9.47 Å². The lowest BCUT2D eigenvalue weighted by Gasteiger charge is -2.28. The van der Waals surface area contributed by atoms with E-state index in [0.29, 0.717) is 6.54 Å². The predicted molar refractivity (Wildman–Crippen MR) is 119 cm³/mol. The van der Waals surface area contributed by atoms with Crippen molar-refractivity contribution in [2.24, 2.45) is 0 Å². The number of ether oxygens (including phenoxy) is 2. The van der Waals surface area contributed by atoms with Crippen LogP contribution in [0.25, 0.3) is 0 Å². The molecule has 160 valence electrons. The average Bonchev–Trinajstić information content (AvgIpc) is 2.87.